The van der Waals surface area contributed by atoms with Gasteiger partial charge in [-0.1, -0.05) is 30.3 Å². The second kappa shape index (κ2) is 8.45. The molecule has 0 saturated carbocycles. The quantitative estimate of drug-likeness (QED) is 0.837. The molecular formula is C19H27N3O3. The second-order valence-corrected chi connectivity index (χ2v) is 6.96. The number of β-amino-alcohol motifs (C(OH)–C–C–N with tert-alkyl or cyclic N) is 1. The minimum atomic E-state index is -0.335. The molecule has 25 heavy (non-hydrogen) atoms. The van der Waals surface area contributed by atoms with E-state index in [2.05, 4.69) is 12.1 Å². The summed E-state index contributed by atoms with van der Waals surface area (Å²) in [5.41, 5.74) is 1.22. The first-order chi connectivity index (χ1) is 12.1. The van der Waals surface area contributed by atoms with Crippen LogP contribution in [0.3, 0.4) is 0 Å². The van der Waals surface area contributed by atoms with Crippen molar-refractivity contribution in [2.24, 2.45) is 0 Å². The fraction of sp³-hybridized carbons (Fsp3) is 0.579. The van der Waals surface area contributed by atoms with Gasteiger partial charge in [0.1, 0.15) is 0 Å². The number of rotatable bonds is 5. The highest BCUT2D eigenvalue weighted by Gasteiger charge is 2.28. The number of aliphatic hydroxyl groups excluding tert-OH is 1. The van der Waals surface area contributed by atoms with E-state index < -0.39 is 0 Å². The molecule has 2 heterocycles. The van der Waals surface area contributed by atoms with Crippen molar-refractivity contribution in [3.8, 4) is 0 Å². The van der Waals surface area contributed by atoms with Crippen LogP contribution in [0.2, 0.25) is 0 Å². The van der Waals surface area contributed by atoms with Crippen LogP contribution in [0.25, 0.3) is 0 Å². The second-order valence-electron chi connectivity index (χ2n) is 6.96. The Morgan fingerprint density at radius 2 is 1.96 bits per heavy atom. The maximum absolute atomic E-state index is 12.4. The summed E-state index contributed by atoms with van der Waals surface area (Å²) in [5.74, 6) is 0.0133. The van der Waals surface area contributed by atoms with E-state index >= 15 is 0 Å². The Hall–Kier alpha value is -1.92. The Morgan fingerprint density at radius 3 is 2.68 bits per heavy atom. The zero-order valence-electron chi connectivity index (χ0n) is 14.6. The first kappa shape index (κ1) is 17.9. The Balaban J connectivity index is 1.44. The molecule has 6 nitrogen and oxygen atoms in total. The minimum absolute atomic E-state index is 0.00911. The van der Waals surface area contributed by atoms with Gasteiger partial charge in [0.05, 0.1) is 19.2 Å². The van der Waals surface area contributed by atoms with Crippen molar-refractivity contribution in [1.82, 2.24) is 14.7 Å². The van der Waals surface area contributed by atoms with Crippen LogP contribution in [0.5, 0.6) is 0 Å². The van der Waals surface area contributed by atoms with Crippen molar-refractivity contribution in [1.29, 1.82) is 0 Å². The maximum Gasteiger partial charge on any atom is 0.242 e. The molecule has 0 aromatic heterocycles. The lowest BCUT2D eigenvalue weighted by molar-refractivity contribution is -0.146. The summed E-state index contributed by atoms with van der Waals surface area (Å²) in [5, 5.41) is 9.71. The third-order valence-electron chi connectivity index (χ3n) is 5.02. The molecule has 2 amide bonds. The SMILES string of the molecule is O=C1CN(C(=O)CN2CCC[C@H](O)C2)CCN1CCc1ccccc1. The fourth-order valence-corrected chi connectivity index (χ4v) is 3.53. The molecule has 1 aromatic rings. The number of aliphatic hydroxyl groups is 1. The van der Waals surface area contributed by atoms with Crippen LogP contribution in [0.1, 0.15) is 18.4 Å². The van der Waals surface area contributed by atoms with Crippen molar-refractivity contribution < 1.29 is 14.7 Å². The van der Waals surface area contributed by atoms with Gasteiger partial charge in [0.2, 0.25) is 11.8 Å². The van der Waals surface area contributed by atoms with E-state index in [4.69, 9.17) is 0 Å². The van der Waals surface area contributed by atoms with E-state index in [1.165, 1.54) is 5.56 Å². The van der Waals surface area contributed by atoms with Gasteiger partial charge in [-0.2, -0.15) is 0 Å². The van der Waals surface area contributed by atoms with Gasteiger partial charge in [-0.05, 0) is 31.4 Å². The van der Waals surface area contributed by atoms with Crippen LogP contribution in [0, 0.1) is 0 Å². The molecule has 1 N–H and O–H groups in total. The lowest BCUT2D eigenvalue weighted by Crippen LogP contribution is -2.55. The lowest BCUT2D eigenvalue weighted by Gasteiger charge is -2.36. The van der Waals surface area contributed by atoms with Crippen molar-refractivity contribution >= 4 is 11.8 Å². The minimum Gasteiger partial charge on any atom is -0.392 e. The van der Waals surface area contributed by atoms with Crippen molar-refractivity contribution in [2.45, 2.75) is 25.4 Å². The number of piperazine rings is 1. The molecule has 0 radical (unpaired) electrons. The summed E-state index contributed by atoms with van der Waals surface area (Å²) in [6.07, 6.45) is 2.23. The Labute approximate surface area is 149 Å². The molecule has 2 saturated heterocycles. The van der Waals surface area contributed by atoms with Crippen LogP contribution in [-0.4, -0.2) is 83.5 Å². The zero-order chi connectivity index (χ0) is 17.6. The summed E-state index contributed by atoms with van der Waals surface area (Å²) in [7, 11) is 0. The number of hydrogen-bond donors (Lipinski definition) is 1. The highest BCUT2D eigenvalue weighted by atomic mass is 16.3. The van der Waals surface area contributed by atoms with Gasteiger partial charge in [0.25, 0.3) is 0 Å². The van der Waals surface area contributed by atoms with E-state index in [-0.39, 0.29) is 24.5 Å². The Bertz CT molecular complexity index is 593. The molecule has 1 aromatic carbocycles. The van der Waals surface area contributed by atoms with Gasteiger partial charge < -0.3 is 14.9 Å². The monoisotopic (exact) mass is 345 g/mol. The van der Waals surface area contributed by atoms with E-state index in [0.29, 0.717) is 32.7 Å². The number of hydrogen-bond acceptors (Lipinski definition) is 4. The number of likely N-dealkylation sites (tertiary alicyclic amines) is 1. The molecule has 0 bridgehead atoms. The number of nitrogens with zero attached hydrogens (tertiary/aromatic N) is 3. The van der Waals surface area contributed by atoms with E-state index in [9.17, 15) is 14.7 Å². The molecule has 2 aliphatic heterocycles. The summed E-state index contributed by atoms with van der Waals surface area (Å²) < 4.78 is 0. The van der Waals surface area contributed by atoms with Gasteiger partial charge in [-0.3, -0.25) is 14.5 Å². The first-order valence-electron chi connectivity index (χ1n) is 9.12. The van der Waals surface area contributed by atoms with Gasteiger partial charge in [0, 0.05) is 26.2 Å². The van der Waals surface area contributed by atoms with Crippen LogP contribution in [0.15, 0.2) is 30.3 Å². The van der Waals surface area contributed by atoms with E-state index in [0.717, 1.165) is 25.8 Å². The van der Waals surface area contributed by atoms with Crippen LogP contribution in [-0.2, 0) is 16.0 Å². The molecule has 1 atom stereocenters. The van der Waals surface area contributed by atoms with Gasteiger partial charge >= 0.3 is 0 Å². The van der Waals surface area contributed by atoms with Gasteiger partial charge in [-0.15, -0.1) is 0 Å². The largest absolute Gasteiger partial charge is 0.392 e. The van der Waals surface area contributed by atoms with Crippen LogP contribution < -0.4 is 0 Å². The van der Waals surface area contributed by atoms with Crippen LogP contribution >= 0.6 is 0 Å². The van der Waals surface area contributed by atoms with Crippen LogP contribution in [0.4, 0.5) is 0 Å². The molecule has 136 valence electrons. The molecule has 0 unspecified atom stereocenters. The molecule has 0 aliphatic carbocycles. The van der Waals surface area contributed by atoms with Crippen molar-refractivity contribution in [2.75, 3.05) is 45.8 Å². The average molecular weight is 345 g/mol. The Kier molecular flexibility index (Phi) is 6.04. The zero-order valence-corrected chi connectivity index (χ0v) is 14.6. The summed E-state index contributed by atoms with van der Waals surface area (Å²) in [6, 6.07) is 10.1. The average Bonchev–Trinajstić information content (AvgIpc) is 2.61. The maximum atomic E-state index is 12.4. The highest BCUT2D eigenvalue weighted by Crippen LogP contribution is 2.11. The van der Waals surface area contributed by atoms with Crippen molar-refractivity contribution in [3.05, 3.63) is 35.9 Å². The number of carbonyl (C=O) groups is 2. The standard InChI is InChI=1S/C19H27N3O3/c23-17-7-4-9-20(13-17)14-18(24)22-12-11-21(19(25)15-22)10-8-16-5-2-1-3-6-16/h1-3,5-6,17,23H,4,7-15H2/t17-/m0/s1. The Morgan fingerprint density at radius 1 is 1.16 bits per heavy atom. The number of benzene rings is 1. The summed E-state index contributed by atoms with van der Waals surface area (Å²) >= 11 is 0. The summed E-state index contributed by atoms with van der Waals surface area (Å²) in [4.78, 5) is 30.3. The molecule has 3 rings (SSSR count). The smallest absolute Gasteiger partial charge is 0.242 e. The summed E-state index contributed by atoms with van der Waals surface area (Å²) in [6.45, 7) is 3.75. The van der Waals surface area contributed by atoms with E-state index in [1.54, 1.807) is 4.90 Å². The predicted molar refractivity (Wildman–Crippen MR) is 95.0 cm³/mol. The third-order valence-corrected chi connectivity index (χ3v) is 5.02. The third kappa shape index (κ3) is 5.03. The van der Waals surface area contributed by atoms with Crippen molar-refractivity contribution in [3.63, 3.8) is 0 Å². The first-order valence-corrected chi connectivity index (χ1v) is 9.12. The topological polar surface area (TPSA) is 64.1 Å². The molecule has 2 aliphatic rings. The van der Waals surface area contributed by atoms with Gasteiger partial charge in [-0.25, -0.2) is 0 Å². The normalized spacial score (nSPS) is 22.3. The lowest BCUT2D eigenvalue weighted by atomic mass is 10.1. The van der Waals surface area contributed by atoms with E-state index in [1.807, 2.05) is 28.0 Å². The fourth-order valence-electron chi connectivity index (χ4n) is 3.53. The number of carbonyl (C=O) groups excluding carboxylic acids is 2. The molecule has 6 heteroatoms. The number of amides is 2. The molecule has 2 fully saturated rings. The number of piperidine rings is 1. The predicted octanol–water partition coefficient (Wildman–Crippen LogP) is 0.357. The molecular weight excluding hydrogens is 318 g/mol. The highest BCUT2D eigenvalue weighted by molar-refractivity contribution is 5.86. The van der Waals surface area contributed by atoms with Gasteiger partial charge in [0.15, 0.2) is 0 Å². The molecule has 0 spiro atoms.